The molecule has 0 saturated carbocycles. The Morgan fingerprint density at radius 2 is 1.93 bits per heavy atom. The Hall–Kier alpha value is -0.120. The van der Waals surface area contributed by atoms with Crippen molar-refractivity contribution >= 4 is 0 Å². The lowest BCUT2D eigenvalue weighted by molar-refractivity contribution is 0.0908. The zero-order valence-corrected chi connectivity index (χ0v) is 9.29. The van der Waals surface area contributed by atoms with E-state index < -0.39 is 0 Å². The Morgan fingerprint density at radius 3 is 2.64 bits per heavy atom. The molecule has 0 aliphatic carbocycles. The molecule has 2 aliphatic rings. The Bertz CT molecular complexity index is 177. The minimum Gasteiger partial charge on any atom is -0.310 e. The standard InChI is InChI=1S/C11H22N3/c1-9-8-12-10(2)11(13-9)14-6-4-3-5-7-14/h3,9-13H,4-8H2,1-2H3. The van der Waals surface area contributed by atoms with Crippen LogP contribution in [0.25, 0.3) is 0 Å². The summed E-state index contributed by atoms with van der Waals surface area (Å²) in [5.41, 5.74) is 0. The average molecular weight is 196 g/mol. The maximum Gasteiger partial charge on any atom is 0.0755 e. The minimum atomic E-state index is 0.535. The van der Waals surface area contributed by atoms with E-state index in [2.05, 4.69) is 35.8 Å². The summed E-state index contributed by atoms with van der Waals surface area (Å²) in [5.74, 6) is 0. The van der Waals surface area contributed by atoms with Gasteiger partial charge in [-0.25, -0.2) is 0 Å². The summed E-state index contributed by atoms with van der Waals surface area (Å²) in [6, 6.07) is 1.17. The predicted octanol–water partition coefficient (Wildman–Crippen LogP) is 0.582. The number of likely N-dealkylation sites (tertiary alicyclic amines) is 1. The van der Waals surface area contributed by atoms with Crippen LogP contribution in [0.1, 0.15) is 26.7 Å². The molecule has 2 fully saturated rings. The summed E-state index contributed by atoms with van der Waals surface area (Å²) in [6.45, 7) is 8.06. The van der Waals surface area contributed by atoms with Crippen molar-refractivity contribution in [1.82, 2.24) is 15.5 Å². The molecule has 3 nitrogen and oxygen atoms in total. The molecule has 2 rings (SSSR count). The van der Waals surface area contributed by atoms with Gasteiger partial charge in [0.25, 0.3) is 0 Å². The average Bonchev–Trinajstić information content (AvgIpc) is 2.23. The molecule has 0 amide bonds. The topological polar surface area (TPSA) is 27.3 Å². The predicted molar refractivity (Wildman–Crippen MR) is 59.0 cm³/mol. The molecule has 2 heterocycles. The summed E-state index contributed by atoms with van der Waals surface area (Å²) in [4.78, 5) is 2.58. The largest absolute Gasteiger partial charge is 0.310 e. The highest BCUT2D eigenvalue weighted by Gasteiger charge is 2.29. The molecule has 3 atom stereocenters. The van der Waals surface area contributed by atoms with Crippen molar-refractivity contribution in [1.29, 1.82) is 0 Å². The van der Waals surface area contributed by atoms with E-state index in [1.54, 1.807) is 0 Å². The van der Waals surface area contributed by atoms with Crippen LogP contribution >= 0.6 is 0 Å². The lowest BCUT2D eigenvalue weighted by atomic mass is 10.1. The summed E-state index contributed by atoms with van der Waals surface area (Å²) in [6.07, 6.45) is 5.44. The van der Waals surface area contributed by atoms with E-state index in [0.717, 1.165) is 6.54 Å². The van der Waals surface area contributed by atoms with Gasteiger partial charge in [-0.1, -0.05) is 0 Å². The first-order chi connectivity index (χ1) is 6.77. The Kier molecular flexibility index (Phi) is 3.42. The second-order valence-corrected chi connectivity index (χ2v) is 4.61. The normalized spacial score (nSPS) is 41.1. The van der Waals surface area contributed by atoms with Crippen molar-refractivity contribution in [3.63, 3.8) is 0 Å². The number of piperazine rings is 1. The highest BCUT2D eigenvalue weighted by molar-refractivity contribution is 4.90. The van der Waals surface area contributed by atoms with Crippen LogP contribution in [0.15, 0.2) is 0 Å². The van der Waals surface area contributed by atoms with E-state index >= 15 is 0 Å². The summed E-state index contributed by atoms with van der Waals surface area (Å²) >= 11 is 0. The first-order valence-electron chi connectivity index (χ1n) is 5.82. The number of rotatable bonds is 1. The lowest BCUT2D eigenvalue weighted by Crippen LogP contribution is -2.65. The van der Waals surface area contributed by atoms with Gasteiger partial charge in [0.15, 0.2) is 0 Å². The monoisotopic (exact) mass is 196 g/mol. The van der Waals surface area contributed by atoms with E-state index in [9.17, 15) is 0 Å². The van der Waals surface area contributed by atoms with Crippen molar-refractivity contribution in [2.24, 2.45) is 0 Å². The molecule has 0 aromatic rings. The lowest BCUT2D eigenvalue weighted by Gasteiger charge is -2.43. The van der Waals surface area contributed by atoms with E-state index in [1.807, 2.05) is 0 Å². The maximum atomic E-state index is 3.69. The zero-order chi connectivity index (χ0) is 9.97. The molecule has 0 aromatic heterocycles. The fraction of sp³-hybridized carbons (Fsp3) is 0.909. The maximum absolute atomic E-state index is 3.69. The van der Waals surface area contributed by atoms with Crippen LogP contribution in [-0.2, 0) is 0 Å². The first-order valence-corrected chi connectivity index (χ1v) is 5.82. The molecule has 0 bridgehead atoms. The number of nitrogens with zero attached hydrogens (tertiary/aromatic N) is 1. The van der Waals surface area contributed by atoms with Crippen molar-refractivity contribution in [2.75, 3.05) is 19.6 Å². The third-order valence-electron chi connectivity index (χ3n) is 3.31. The highest BCUT2D eigenvalue weighted by atomic mass is 15.3. The molecule has 2 N–H and O–H groups in total. The Balaban J connectivity index is 1.92. The summed E-state index contributed by atoms with van der Waals surface area (Å²) in [7, 11) is 0. The van der Waals surface area contributed by atoms with E-state index in [-0.39, 0.29) is 0 Å². The number of hydrogen-bond donors (Lipinski definition) is 2. The second kappa shape index (κ2) is 4.60. The summed E-state index contributed by atoms with van der Waals surface area (Å²) in [5, 5.41) is 7.25. The van der Waals surface area contributed by atoms with Gasteiger partial charge in [0, 0.05) is 18.6 Å². The van der Waals surface area contributed by atoms with Gasteiger partial charge in [-0.2, -0.15) is 0 Å². The van der Waals surface area contributed by atoms with Gasteiger partial charge in [-0.3, -0.25) is 10.2 Å². The SMILES string of the molecule is CC1CNC(C)C(N2CC[CH]CC2)N1. The van der Waals surface area contributed by atoms with Gasteiger partial charge >= 0.3 is 0 Å². The van der Waals surface area contributed by atoms with Crippen LogP contribution in [-0.4, -0.2) is 42.8 Å². The fourth-order valence-electron chi connectivity index (χ4n) is 2.44. The van der Waals surface area contributed by atoms with Gasteiger partial charge < -0.3 is 5.32 Å². The van der Waals surface area contributed by atoms with Crippen LogP contribution < -0.4 is 10.6 Å². The quantitative estimate of drug-likeness (QED) is 0.642. The van der Waals surface area contributed by atoms with Gasteiger partial charge in [-0.15, -0.1) is 0 Å². The molecular formula is C11H22N3. The number of hydrogen-bond acceptors (Lipinski definition) is 3. The molecular weight excluding hydrogens is 174 g/mol. The van der Waals surface area contributed by atoms with Crippen molar-refractivity contribution < 1.29 is 0 Å². The van der Waals surface area contributed by atoms with Gasteiger partial charge in [-0.05, 0) is 46.2 Å². The fourth-order valence-corrected chi connectivity index (χ4v) is 2.44. The van der Waals surface area contributed by atoms with Crippen LogP contribution in [0.5, 0.6) is 0 Å². The molecule has 81 valence electrons. The van der Waals surface area contributed by atoms with Crippen LogP contribution in [0.4, 0.5) is 0 Å². The smallest absolute Gasteiger partial charge is 0.0755 e. The third-order valence-corrected chi connectivity index (χ3v) is 3.31. The molecule has 1 radical (unpaired) electrons. The molecule has 2 aliphatic heterocycles. The van der Waals surface area contributed by atoms with Crippen molar-refractivity contribution in [3.8, 4) is 0 Å². The van der Waals surface area contributed by atoms with Gasteiger partial charge in [0.2, 0.25) is 0 Å². The second-order valence-electron chi connectivity index (χ2n) is 4.61. The van der Waals surface area contributed by atoms with Crippen molar-refractivity contribution in [3.05, 3.63) is 6.42 Å². The highest BCUT2D eigenvalue weighted by Crippen LogP contribution is 2.14. The van der Waals surface area contributed by atoms with Gasteiger partial charge in [0.1, 0.15) is 0 Å². The zero-order valence-electron chi connectivity index (χ0n) is 9.29. The molecule has 14 heavy (non-hydrogen) atoms. The summed E-state index contributed by atoms with van der Waals surface area (Å²) < 4.78 is 0. The third kappa shape index (κ3) is 2.27. The van der Waals surface area contributed by atoms with E-state index in [1.165, 1.54) is 25.9 Å². The van der Waals surface area contributed by atoms with Crippen LogP contribution in [0, 0.1) is 6.42 Å². The van der Waals surface area contributed by atoms with E-state index in [4.69, 9.17) is 0 Å². The van der Waals surface area contributed by atoms with Gasteiger partial charge in [0.05, 0.1) is 6.17 Å². The van der Waals surface area contributed by atoms with E-state index in [0.29, 0.717) is 18.2 Å². The molecule has 0 aromatic carbocycles. The first kappa shape index (κ1) is 10.4. The van der Waals surface area contributed by atoms with Crippen molar-refractivity contribution in [2.45, 2.75) is 44.9 Å². The number of nitrogens with one attached hydrogen (secondary N) is 2. The molecule has 2 saturated heterocycles. The molecule has 3 heteroatoms. The molecule has 0 spiro atoms. The Labute approximate surface area is 87.2 Å². The van der Waals surface area contributed by atoms with Crippen LogP contribution in [0.3, 0.4) is 0 Å². The minimum absolute atomic E-state index is 0.535. The van der Waals surface area contributed by atoms with Crippen LogP contribution in [0.2, 0.25) is 0 Å². The Morgan fingerprint density at radius 1 is 1.21 bits per heavy atom. The number of piperidine rings is 1. The molecule has 3 unspecified atom stereocenters.